The van der Waals surface area contributed by atoms with Crippen molar-refractivity contribution < 1.29 is 17.5 Å². The summed E-state index contributed by atoms with van der Waals surface area (Å²) in [6.07, 6.45) is 1.87. The van der Waals surface area contributed by atoms with Crippen LogP contribution in [-0.2, 0) is 14.8 Å². The lowest BCUT2D eigenvalue weighted by molar-refractivity contribution is 0.0894. The van der Waals surface area contributed by atoms with Crippen molar-refractivity contribution in [1.82, 2.24) is 19.5 Å². The Bertz CT molecular complexity index is 810. The topological polar surface area (TPSA) is 88.2 Å². The van der Waals surface area contributed by atoms with E-state index in [0.29, 0.717) is 18.0 Å². The summed E-state index contributed by atoms with van der Waals surface area (Å²) in [5.74, 6) is 0.238. The molecule has 1 aliphatic rings. The number of aromatic nitrogens is 3. The van der Waals surface area contributed by atoms with Crippen LogP contribution in [0.15, 0.2) is 29.4 Å². The number of aryl methyl sites for hydroxylation is 1. The molecule has 1 aromatic carbocycles. The number of hydrogen-bond acceptors (Lipinski definition) is 5. The number of rotatable bonds is 5. The molecular formula is C15H19FN4O3S. The van der Waals surface area contributed by atoms with Gasteiger partial charge in [-0.25, -0.2) is 17.8 Å². The van der Waals surface area contributed by atoms with Gasteiger partial charge in [0.1, 0.15) is 18.0 Å². The fourth-order valence-electron chi connectivity index (χ4n) is 2.84. The number of H-pyrrole nitrogens is 1. The second kappa shape index (κ2) is 6.58. The number of sulfonamides is 1. The van der Waals surface area contributed by atoms with Gasteiger partial charge in [0.15, 0.2) is 0 Å². The molecule has 0 spiro atoms. The van der Waals surface area contributed by atoms with E-state index >= 15 is 0 Å². The highest BCUT2D eigenvalue weighted by Gasteiger charge is 2.35. The molecule has 130 valence electrons. The SMILES string of the molecule is Cc1cc(S(=O)(=O)N(C)C[C@H]2OCC[C@H]2c2ncn[nH]2)ccc1F. The number of likely N-dealkylation sites (N-methyl/N-ethyl adjacent to an activating group) is 1. The monoisotopic (exact) mass is 354 g/mol. The number of aromatic amines is 1. The Kier molecular flexibility index (Phi) is 4.66. The van der Waals surface area contributed by atoms with E-state index in [4.69, 9.17) is 4.74 Å². The third-order valence-electron chi connectivity index (χ3n) is 4.27. The second-order valence-corrected chi connectivity index (χ2v) is 7.92. The first-order chi connectivity index (χ1) is 11.4. The van der Waals surface area contributed by atoms with E-state index in [-0.39, 0.29) is 23.5 Å². The molecule has 1 aromatic heterocycles. The molecule has 0 unspecified atom stereocenters. The van der Waals surface area contributed by atoms with E-state index in [1.807, 2.05) is 0 Å². The number of benzene rings is 1. The van der Waals surface area contributed by atoms with Gasteiger partial charge in [0, 0.05) is 26.1 Å². The Balaban J connectivity index is 1.78. The lowest BCUT2D eigenvalue weighted by Crippen LogP contribution is -2.36. The van der Waals surface area contributed by atoms with Gasteiger partial charge >= 0.3 is 0 Å². The first-order valence-electron chi connectivity index (χ1n) is 7.59. The van der Waals surface area contributed by atoms with E-state index in [1.165, 1.54) is 42.8 Å². The summed E-state index contributed by atoms with van der Waals surface area (Å²) in [7, 11) is -2.22. The van der Waals surface area contributed by atoms with Crippen LogP contribution in [0.25, 0.3) is 0 Å². The van der Waals surface area contributed by atoms with Gasteiger partial charge in [-0.1, -0.05) is 0 Å². The van der Waals surface area contributed by atoms with Crippen molar-refractivity contribution in [2.75, 3.05) is 20.2 Å². The summed E-state index contributed by atoms with van der Waals surface area (Å²) in [5, 5.41) is 6.65. The quantitative estimate of drug-likeness (QED) is 0.878. The number of nitrogens with one attached hydrogen (secondary N) is 1. The average molecular weight is 354 g/mol. The molecule has 0 saturated carbocycles. The molecule has 1 N–H and O–H groups in total. The Morgan fingerprint density at radius 1 is 1.46 bits per heavy atom. The molecule has 3 rings (SSSR count). The zero-order chi connectivity index (χ0) is 17.3. The highest BCUT2D eigenvalue weighted by atomic mass is 32.2. The molecule has 1 fully saturated rings. The average Bonchev–Trinajstić information content (AvgIpc) is 3.20. The van der Waals surface area contributed by atoms with Crippen molar-refractivity contribution in [3.8, 4) is 0 Å². The van der Waals surface area contributed by atoms with Crippen LogP contribution < -0.4 is 0 Å². The Labute approximate surface area is 139 Å². The zero-order valence-electron chi connectivity index (χ0n) is 13.4. The predicted octanol–water partition coefficient (Wildman–Crippen LogP) is 1.45. The smallest absolute Gasteiger partial charge is 0.242 e. The number of hydrogen-bond donors (Lipinski definition) is 1. The van der Waals surface area contributed by atoms with Gasteiger partial charge in [0.05, 0.1) is 11.0 Å². The summed E-state index contributed by atoms with van der Waals surface area (Å²) in [6, 6.07) is 3.78. The van der Waals surface area contributed by atoms with Crippen LogP contribution in [0.1, 0.15) is 23.7 Å². The van der Waals surface area contributed by atoms with Crippen LogP contribution in [0.5, 0.6) is 0 Å². The van der Waals surface area contributed by atoms with Crippen molar-refractivity contribution in [3.63, 3.8) is 0 Å². The first kappa shape index (κ1) is 17.0. The van der Waals surface area contributed by atoms with Gasteiger partial charge in [-0.05, 0) is 37.1 Å². The van der Waals surface area contributed by atoms with Gasteiger partial charge in [-0.15, -0.1) is 0 Å². The van der Waals surface area contributed by atoms with Gasteiger partial charge in [-0.3, -0.25) is 5.10 Å². The fraction of sp³-hybridized carbons (Fsp3) is 0.467. The highest BCUT2D eigenvalue weighted by Crippen LogP contribution is 2.30. The first-order valence-corrected chi connectivity index (χ1v) is 9.03. The van der Waals surface area contributed by atoms with Crippen molar-refractivity contribution in [1.29, 1.82) is 0 Å². The summed E-state index contributed by atoms with van der Waals surface area (Å²) in [4.78, 5) is 4.21. The van der Waals surface area contributed by atoms with Crippen LogP contribution in [0.4, 0.5) is 4.39 Å². The van der Waals surface area contributed by atoms with Crippen LogP contribution in [0, 0.1) is 12.7 Å². The Morgan fingerprint density at radius 3 is 2.92 bits per heavy atom. The molecule has 0 bridgehead atoms. The highest BCUT2D eigenvalue weighted by molar-refractivity contribution is 7.89. The van der Waals surface area contributed by atoms with Crippen LogP contribution in [-0.4, -0.2) is 54.2 Å². The third kappa shape index (κ3) is 3.19. The standard InChI is InChI=1S/C15H19FN4O3S/c1-10-7-11(3-4-13(10)16)24(21,22)20(2)8-14-12(5-6-23-14)15-17-9-18-19-15/h3-4,7,9,12,14H,5-6,8H2,1-2H3,(H,17,18,19)/t12-,14-/m1/s1. The number of halogens is 1. The lowest BCUT2D eigenvalue weighted by Gasteiger charge is -2.23. The minimum atomic E-state index is -3.72. The van der Waals surface area contributed by atoms with Crippen LogP contribution in [0.2, 0.25) is 0 Å². The second-order valence-electron chi connectivity index (χ2n) is 5.87. The summed E-state index contributed by atoms with van der Waals surface area (Å²) >= 11 is 0. The number of nitrogens with zero attached hydrogens (tertiary/aromatic N) is 3. The molecule has 0 radical (unpaired) electrons. The van der Waals surface area contributed by atoms with Gasteiger partial charge in [0.2, 0.25) is 10.0 Å². The minimum Gasteiger partial charge on any atom is -0.376 e. The van der Waals surface area contributed by atoms with Crippen LogP contribution >= 0.6 is 0 Å². The zero-order valence-corrected chi connectivity index (χ0v) is 14.3. The normalized spacial score (nSPS) is 21.5. The maximum Gasteiger partial charge on any atom is 0.242 e. The molecule has 2 heterocycles. The molecule has 0 amide bonds. The molecule has 1 saturated heterocycles. The van der Waals surface area contributed by atoms with Gasteiger partial charge in [-0.2, -0.15) is 9.40 Å². The molecule has 2 atom stereocenters. The van der Waals surface area contributed by atoms with E-state index in [1.54, 1.807) is 0 Å². The van der Waals surface area contributed by atoms with Crippen molar-refractivity contribution in [3.05, 3.63) is 41.7 Å². The third-order valence-corrected chi connectivity index (χ3v) is 6.09. The van der Waals surface area contributed by atoms with Crippen LogP contribution in [0.3, 0.4) is 0 Å². The Hall–Kier alpha value is -1.84. The molecule has 0 aliphatic carbocycles. The molecule has 9 heteroatoms. The lowest BCUT2D eigenvalue weighted by atomic mass is 10.0. The predicted molar refractivity (Wildman–Crippen MR) is 84.4 cm³/mol. The van der Waals surface area contributed by atoms with E-state index in [0.717, 1.165) is 6.42 Å². The maximum atomic E-state index is 13.4. The summed E-state index contributed by atoms with van der Waals surface area (Å²) in [6.45, 7) is 2.26. The summed E-state index contributed by atoms with van der Waals surface area (Å²) < 4.78 is 45.7. The summed E-state index contributed by atoms with van der Waals surface area (Å²) in [5.41, 5.74) is 0.293. The fourth-order valence-corrected chi connectivity index (χ4v) is 4.11. The molecule has 1 aliphatic heterocycles. The van der Waals surface area contributed by atoms with Gasteiger partial charge in [0.25, 0.3) is 0 Å². The minimum absolute atomic E-state index is 0.0277. The van der Waals surface area contributed by atoms with Gasteiger partial charge < -0.3 is 4.74 Å². The van der Waals surface area contributed by atoms with E-state index < -0.39 is 15.8 Å². The van der Waals surface area contributed by atoms with Crippen molar-refractivity contribution in [2.45, 2.75) is 30.3 Å². The molecule has 2 aromatic rings. The van der Waals surface area contributed by atoms with E-state index in [9.17, 15) is 12.8 Å². The molecule has 7 nitrogen and oxygen atoms in total. The van der Waals surface area contributed by atoms with Crippen molar-refractivity contribution in [2.24, 2.45) is 0 Å². The Morgan fingerprint density at radius 2 is 2.25 bits per heavy atom. The number of ether oxygens (including phenoxy) is 1. The molecular weight excluding hydrogens is 335 g/mol. The van der Waals surface area contributed by atoms with E-state index in [2.05, 4.69) is 15.2 Å². The molecule has 24 heavy (non-hydrogen) atoms. The van der Waals surface area contributed by atoms with Crippen molar-refractivity contribution >= 4 is 10.0 Å². The largest absolute Gasteiger partial charge is 0.376 e. The maximum absolute atomic E-state index is 13.4.